The van der Waals surface area contributed by atoms with Gasteiger partial charge >= 0.3 is 0 Å². The number of phenolic OH excluding ortho intramolecular Hbond substituents is 1. The highest BCUT2D eigenvalue weighted by Crippen LogP contribution is 2.21. The van der Waals surface area contributed by atoms with E-state index < -0.39 is 0 Å². The molecule has 0 unspecified atom stereocenters. The Morgan fingerprint density at radius 1 is 1.06 bits per heavy atom. The Balaban J connectivity index is 2.05. The van der Waals surface area contributed by atoms with Crippen LogP contribution < -0.4 is 0 Å². The molecule has 0 aliphatic rings. The summed E-state index contributed by atoms with van der Waals surface area (Å²) in [6.45, 7) is 4.22. The smallest absolute Gasteiger partial charge is 0.118 e. The average molecular weight is 266 g/mol. The molecule has 18 heavy (non-hydrogen) atoms. The summed E-state index contributed by atoms with van der Waals surface area (Å²) in [7, 11) is 0. The predicted molar refractivity (Wildman–Crippen MR) is 82.4 cm³/mol. The van der Waals surface area contributed by atoms with E-state index in [-0.39, 0.29) is 0 Å². The van der Waals surface area contributed by atoms with Crippen LogP contribution in [-0.4, -0.2) is 10.9 Å². The van der Waals surface area contributed by atoms with Crippen LogP contribution >= 0.6 is 11.8 Å². The number of aromatic hydroxyl groups is 1. The van der Waals surface area contributed by atoms with Crippen LogP contribution in [0.4, 0.5) is 0 Å². The van der Waals surface area contributed by atoms with Gasteiger partial charge in [0, 0.05) is 5.75 Å². The van der Waals surface area contributed by atoms with Crippen LogP contribution in [0.5, 0.6) is 5.75 Å². The maximum absolute atomic E-state index is 9.45. The number of phenols is 1. The Labute approximate surface area is 116 Å². The number of aryl methyl sites for hydroxylation is 1. The SMILES string of the molecule is CCCCCCCCSCc1ccc(O)c(C)c1. The molecular weight excluding hydrogens is 240 g/mol. The van der Waals surface area contributed by atoms with Gasteiger partial charge in [0.05, 0.1) is 0 Å². The van der Waals surface area contributed by atoms with Crippen LogP contribution in [0.3, 0.4) is 0 Å². The molecule has 1 N–H and O–H groups in total. The zero-order valence-corrected chi connectivity index (χ0v) is 12.6. The Hall–Kier alpha value is -0.630. The van der Waals surface area contributed by atoms with Crippen LogP contribution in [0.15, 0.2) is 18.2 Å². The Morgan fingerprint density at radius 3 is 2.50 bits per heavy atom. The highest BCUT2D eigenvalue weighted by molar-refractivity contribution is 7.98. The molecule has 0 atom stereocenters. The molecule has 1 aromatic rings. The van der Waals surface area contributed by atoms with Crippen molar-refractivity contribution in [1.29, 1.82) is 0 Å². The molecule has 0 aromatic heterocycles. The van der Waals surface area contributed by atoms with E-state index >= 15 is 0 Å². The third kappa shape index (κ3) is 6.34. The summed E-state index contributed by atoms with van der Waals surface area (Å²) in [4.78, 5) is 0. The van der Waals surface area contributed by atoms with Crippen molar-refractivity contribution in [3.8, 4) is 5.75 Å². The fourth-order valence-electron chi connectivity index (χ4n) is 1.98. The lowest BCUT2D eigenvalue weighted by Gasteiger charge is -2.05. The highest BCUT2D eigenvalue weighted by Gasteiger charge is 1.98. The first-order valence-electron chi connectivity index (χ1n) is 7.10. The third-order valence-corrected chi connectivity index (χ3v) is 4.29. The number of hydrogen-bond donors (Lipinski definition) is 1. The van der Waals surface area contributed by atoms with E-state index in [9.17, 15) is 5.11 Å². The molecular formula is C16H26OS. The molecule has 0 saturated carbocycles. The average Bonchev–Trinajstić information content (AvgIpc) is 2.37. The van der Waals surface area contributed by atoms with Crippen molar-refractivity contribution in [2.24, 2.45) is 0 Å². The van der Waals surface area contributed by atoms with Crippen molar-refractivity contribution in [1.82, 2.24) is 0 Å². The molecule has 0 bridgehead atoms. The summed E-state index contributed by atoms with van der Waals surface area (Å²) in [6, 6.07) is 5.91. The molecule has 0 heterocycles. The first-order valence-corrected chi connectivity index (χ1v) is 8.25. The number of unbranched alkanes of at least 4 members (excludes halogenated alkanes) is 5. The molecule has 1 rings (SSSR count). The number of thioether (sulfide) groups is 1. The lowest BCUT2D eigenvalue weighted by Crippen LogP contribution is -1.86. The van der Waals surface area contributed by atoms with E-state index in [0.29, 0.717) is 5.75 Å². The topological polar surface area (TPSA) is 20.2 Å². The zero-order chi connectivity index (χ0) is 13.2. The van der Waals surface area contributed by atoms with Gasteiger partial charge in [-0.25, -0.2) is 0 Å². The molecule has 0 saturated heterocycles. The quantitative estimate of drug-likeness (QED) is 0.612. The van der Waals surface area contributed by atoms with Gasteiger partial charge < -0.3 is 5.11 Å². The summed E-state index contributed by atoms with van der Waals surface area (Å²) >= 11 is 2.00. The fraction of sp³-hybridized carbons (Fsp3) is 0.625. The maximum atomic E-state index is 9.45. The van der Waals surface area contributed by atoms with Crippen molar-refractivity contribution in [2.45, 2.75) is 58.1 Å². The van der Waals surface area contributed by atoms with Crippen molar-refractivity contribution in [2.75, 3.05) is 5.75 Å². The van der Waals surface area contributed by atoms with Gasteiger partial charge in [-0.2, -0.15) is 11.8 Å². The Kier molecular flexibility index (Phi) is 7.99. The summed E-state index contributed by atoms with van der Waals surface area (Å²) < 4.78 is 0. The van der Waals surface area contributed by atoms with E-state index in [4.69, 9.17) is 0 Å². The Bertz CT molecular complexity index is 336. The normalized spacial score (nSPS) is 10.8. The molecule has 0 amide bonds. The summed E-state index contributed by atoms with van der Waals surface area (Å²) in [5.74, 6) is 2.72. The summed E-state index contributed by atoms with van der Waals surface area (Å²) in [5, 5.41) is 9.45. The summed E-state index contributed by atoms with van der Waals surface area (Å²) in [5.41, 5.74) is 2.30. The second-order valence-electron chi connectivity index (χ2n) is 4.94. The first kappa shape index (κ1) is 15.4. The predicted octanol–water partition coefficient (Wildman–Crippen LogP) is 5.29. The van der Waals surface area contributed by atoms with Crippen LogP contribution in [-0.2, 0) is 5.75 Å². The van der Waals surface area contributed by atoms with Crippen LogP contribution in [0.1, 0.15) is 56.6 Å². The second-order valence-corrected chi connectivity index (χ2v) is 6.05. The fourth-order valence-corrected chi connectivity index (χ4v) is 2.95. The minimum absolute atomic E-state index is 0.402. The summed E-state index contributed by atoms with van der Waals surface area (Å²) in [6.07, 6.45) is 8.23. The van der Waals surface area contributed by atoms with Gasteiger partial charge in [0.2, 0.25) is 0 Å². The van der Waals surface area contributed by atoms with Gasteiger partial charge in [-0.1, -0.05) is 51.2 Å². The van der Waals surface area contributed by atoms with Crippen LogP contribution in [0.2, 0.25) is 0 Å². The minimum atomic E-state index is 0.402. The number of benzene rings is 1. The molecule has 0 radical (unpaired) electrons. The van der Waals surface area contributed by atoms with Crippen LogP contribution in [0, 0.1) is 6.92 Å². The molecule has 0 fully saturated rings. The number of rotatable bonds is 9. The molecule has 102 valence electrons. The lowest BCUT2D eigenvalue weighted by molar-refractivity contribution is 0.471. The van der Waals surface area contributed by atoms with Gasteiger partial charge in [-0.3, -0.25) is 0 Å². The van der Waals surface area contributed by atoms with E-state index in [1.165, 1.54) is 49.8 Å². The largest absolute Gasteiger partial charge is 0.508 e. The molecule has 2 heteroatoms. The van der Waals surface area contributed by atoms with Crippen molar-refractivity contribution in [3.63, 3.8) is 0 Å². The maximum Gasteiger partial charge on any atom is 0.118 e. The van der Waals surface area contributed by atoms with Gasteiger partial charge in [-0.15, -0.1) is 0 Å². The van der Waals surface area contributed by atoms with Gasteiger partial charge in [0.1, 0.15) is 5.75 Å². The minimum Gasteiger partial charge on any atom is -0.508 e. The van der Waals surface area contributed by atoms with E-state index in [0.717, 1.165) is 11.3 Å². The van der Waals surface area contributed by atoms with Crippen LogP contribution in [0.25, 0.3) is 0 Å². The molecule has 0 aliphatic carbocycles. The molecule has 1 nitrogen and oxygen atoms in total. The van der Waals surface area contributed by atoms with Gasteiger partial charge in [0.25, 0.3) is 0 Å². The standard InChI is InChI=1S/C16H26OS/c1-3-4-5-6-7-8-11-18-13-15-9-10-16(17)14(2)12-15/h9-10,12,17H,3-8,11,13H2,1-2H3. The second kappa shape index (κ2) is 9.32. The zero-order valence-electron chi connectivity index (χ0n) is 11.7. The third-order valence-electron chi connectivity index (χ3n) is 3.17. The van der Waals surface area contributed by atoms with E-state index in [2.05, 4.69) is 13.0 Å². The van der Waals surface area contributed by atoms with Gasteiger partial charge in [-0.05, 0) is 36.3 Å². The lowest BCUT2D eigenvalue weighted by atomic mass is 10.1. The van der Waals surface area contributed by atoms with Crippen molar-refractivity contribution < 1.29 is 5.11 Å². The van der Waals surface area contributed by atoms with E-state index in [1.54, 1.807) is 6.07 Å². The van der Waals surface area contributed by atoms with Crippen molar-refractivity contribution in [3.05, 3.63) is 29.3 Å². The number of hydrogen-bond acceptors (Lipinski definition) is 2. The highest BCUT2D eigenvalue weighted by atomic mass is 32.2. The molecule has 0 spiro atoms. The van der Waals surface area contributed by atoms with Gasteiger partial charge in [0.15, 0.2) is 0 Å². The first-order chi connectivity index (χ1) is 8.74. The van der Waals surface area contributed by atoms with E-state index in [1.807, 2.05) is 24.8 Å². The molecule has 0 aliphatic heterocycles. The van der Waals surface area contributed by atoms with Crippen molar-refractivity contribution >= 4 is 11.8 Å². The monoisotopic (exact) mass is 266 g/mol. The Morgan fingerprint density at radius 2 is 1.78 bits per heavy atom. The molecule has 1 aromatic carbocycles.